The quantitative estimate of drug-likeness (QED) is 0.705. The number of carbonyl (C=O) groups is 1. The number of sulfone groups is 1. The summed E-state index contributed by atoms with van der Waals surface area (Å²) >= 11 is 0. The predicted molar refractivity (Wildman–Crippen MR) is 101 cm³/mol. The Morgan fingerprint density at radius 2 is 1.86 bits per heavy atom. The lowest BCUT2D eigenvalue weighted by atomic mass is 10.1. The molecule has 0 saturated carbocycles. The van der Waals surface area contributed by atoms with E-state index >= 15 is 0 Å². The molecule has 2 N–H and O–H groups in total. The van der Waals surface area contributed by atoms with Crippen LogP contribution in [-0.2, 0) is 14.6 Å². The van der Waals surface area contributed by atoms with Crippen molar-refractivity contribution in [2.24, 2.45) is 0 Å². The van der Waals surface area contributed by atoms with E-state index in [4.69, 9.17) is 20.2 Å². The lowest BCUT2D eigenvalue weighted by molar-refractivity contribution is -0.139. The molecular formula is C20H17NO6S. The molecule has 0 unspecified atom stereocenters. The van der Waals surface area contributed by atoms with Gasteiger partial charge in [0.25, 0.3) is 0 Å². The number of aliphatic hydroxyl groups is 1. The third-order valence-corrected chi connectivity index (χ3v) is 5.41. The number of carboxylic acid groups (broad SMARTS) is 1. The van der Waals surface area contributed by atoms with Gasteiger partial charge in [-0.25, -0.2) is 13.2 Å². The summed E-state index contributed by atoms with van der Waals surface area (Å²) in [5.74, 6) is 4.33. The average molecular weight is 399 g/mol. The second-order valence-electron chi connectivity index (χ2n) is 5.77. The molecule has 8 heteroatoms. The van der Waals surface area contributed by atoms with Gasteiger partial charge in [0, 0.05) is 5.56 Å². The van der Waals surface area contributed by atoms with Gasteiger partial charge in [0.2, 0.25) is 0 Å². The fourth-order valence-electron chi connectivity index (χ4n) is 2.26. The summed E-state index contributed by atoms with van der Waals surface area (Å²) in [6, 6.07) is 10.9. The SMILES string of the molecule is Cc1ccc(S(=O)(=O)CCO)cc1C#Cc1cc(C#N)ccc1OCC(=O)O. The highest BCUT2D eigenvalue weighted by atomic mass is 32.2. The van der Waals surface area contributed by atoms with Crippen molar-refractivity contribution >= 4 is 15.8 Å². The van der Waals surface area contributed by atoms with Crippen LogP contribution >= 0.6 is 0 Å². The standard InChI is InChI=1S/C20H17NO6S/c1-14-2-6-18(28(25,26)9-8-22)11-16(14)4-5-17-10-15(12-21)3-7-19(17)27-13-20(23)24/h2-3,6-7,10-11,22H,8-9,13H2,1H3,(H,23,24). The van der Waals surface area contributed by atoms with Crippen LogP contribution in [0.3, 0.4) is 0 Å². The molecule has 0 aliphatic carbocycles. The fraction of sp³-hybridized carbons (Fsp3) is 0.200. The first kappa shape index (κ1) is 21.0. The normalized spacial score (nSPS) is 10.5. The number of ether oxygens (including phenoxy) is 1. The third-order valence-electron chi connectivity index (χ3n) is 3.72. The van der Waals surface area contributed by atoms with Crippen LogP contribution in [0.4, 0.5) is 0 Å². The monoisotopic (exact) mass is 399 g/mol. The first-order valence-electron chi connectivity index (χ1n) is 8.12. The van der Waals surface area contributed by atoms with Gasteiger partial charge in [0.1, 0.15) is 5.75 Å². The van der Waals surface area contributed by atoms with Crippen LogP contribution < -0.4 is 4.74 Å². The molecule has 0 saturated heterocycles. The Balaban J connectivity index is 2.47. The number of hydrogen-bond donors (Lipinski definition) is 2. The molecule has 0 amide bonds. The maximum atomic E-state index is 12.1. The van der Waals surface area contributed by atoms with Crippen LogP contribution in [-0.4, -0.2) is 43.6 Å². The molecule has 0 bridgehead atoms. The van der Waals surface area contributed by atoms with Crippen LogP contribution in [0.15, 0.2) is 41.3 Å². The Kier molecular flexibility index (Phi) is 6.78. The zero-order chi connectivity index (χ0) is 20.7. The second-order valence-corrected chi connectivity index (χ2v) is 7.88. The van der Waals surface area contributed by atoms with E-state index in [-0.39, 0.29) is 16.4 Å². The molecule has 2 aromatic rings. The van der Waals surface area contributed by atoms with Gasteiger partial charge in [-0.2, -0.15) is 5.26 Å². The Labute approximate surface area is 162 Å². The molecule has 0 aromatic heterocycles. The Morgan fingerprint density at radius 1 is 1.14 bits per heavy atom. The minimum Gasteiger partial charge on any atom is -0.481 e. The number of benzene rings is 2. The first-order valence-corrected chi connectivity index (χ1v) is 9.77. The number of aryl methyl sites for hydroxylation is 1. The molecular weight excluding hydrogens is 382 g/mol. The summed E-state index contributed by atoms with van der Waals surface area (Å²) < 4.78 is 29.5. The number of nitrogens with zero attached hydrogens (tertiary/aromatic N) is 1. The van der Waals surface area contributed by atoms with Crippen molar-refractivity contribution in [3.05, 3.63) is 58.7 Å². The van der Waals surface area contributed by atoms with Crippen LogP contribution in [0.1, 0.15) is 22.3 Å². The Morgan fingerprint density at radius 3 is 2.50 bits per heavy atom. The fourth-order valence-corrected chi connectivity index (χ4v) is 3.31. The molecule has 144 valence electrons. The lowest BCUT2D eigenvalue weighted by Crippen LogP contribution is -2.10. The lowest BCUT2D eigenvalue weighted by Gasteiger charge is -2.07. The van der Waals surface area contributed by atoms with E-state index in [1.165, 1.54) is 30.3 Å². The second kappa shape index (κ2) is 9.05. The van der Waals surface area contributed by atoms with Crippen LogP contribution in [0, 0.1) is 30.1 Å². The molecule has 0 aliphatic rings. The highest BCUT2D eigenvalue weighted by Gasteiger charge is 2.14. The zero-order valence-corrected chi connectivity index (χ0v) is 15.8. The van der Waals surface area contributed by atoms with Crippen LogP contribution in [0.2, 0.25) is 0 Å². The summed E-state index contributed by atoms with van der Waals surface area (Å²) in [5, 5.41) is 26.7. The van der Waals surface area contributed by atoms with E-state index in [1.54, 1.807) is 13.0 Å². The van der Waals surface area contributed by atoms with Crippen molar-refractivity contribution in [1.82, 2.24) is 0 Å². The van der Waals surface area contributed by atoms with Gasteiger partial charge in [0.05, 0.1) is 34.5 Å². The van der Waals surface area contributed by atoms with Crippen molar-refractivity contribution in [2.75, 3.05) is 19.0 Å². The summed E-state index contributed by atoms with van der Waals surface area (Å²) in [7, 11) is -3.62. The number of aliphatic hydroxyl groups excluding tert-OH is 1. The molecule has 0 radical (unpaired) electrons. The van der Waals surface area contributed by atoms with E-state index in [9.17, 15) is 13.2 Å². The van der Waals surface area contributed by atoms with Crippen molar-refractivity contribution in [3.8, 4) is 23.7 Å². The van der Waals surface area contributed by atoms with E-state index in [1.807, 2.05) is 6.07 Å². The predicted octanol–water partition coefficient (Wildman–Crippen LogP) is 1.50. The minimum absolute atomic E-state index is 0.0459. The number of nitriles is 1. The van der Waals surface area contributed by atoms with Gasteiger partial charge >= 0.3 is 5.97 Å². The van der Waals surface area contributed by atoms with Crippen molar-refractivity contribution in [3.63, 3.8) is 0 Å². The third kappa shape index (κ3) is 5.34. The van der Waals surface area contributed by atoms with Gasteiger partial charge in [-0.3, -0.25) is 0 Å². The highest BCUT2D eigenvalue weighted by molar-refractivity contribution is 7.91. The summed E-state index contributed by atoms with van der Waals surface area (Å²) in [4.78, 5) is 10.8. The zero-order valence-electron chi connectivity index (χ0n) is 15.0. The molecule has 2 aromatic carbocycles. The van der Waals surface area contributed by atoms with Crippen molar-refractivity contribution < 1.29 is 28.2 Å². The number of hydrogen-bond acceptors (Lipinski definition) is 6. The molecule has 28 heavy (non-hydrogen) atoms. The van der Waals surface area contributed by atoms with E-state index in [0.29, 0.717) is 16.7 Å². The molecule has 0 fully saturated rings. The molecule has 0 aliphatic heterocycles. The molecule has 0 heterocycles. The minimum atomic E-state index is -3.62. The molecule has 7 nitrogen and oxygen atoms in total. The summed E-state index contributed by atoms with van der Waals surface area (Å²) in [6.45, 7) is 0.719. The molecule has 0 spiro atoms. The maximum Gasteiger partial charge on any atom is 0.341 e. The van der Waals surface area contributed by atoms with Gasteiger partial charge in [-0.15, -0.1) is 0 Å². The highest BCUT2D eigenvalue weighted by Crippen LogP contribution is 2.20. The Hall–Kier alpha value is -3.33. The van der Waals surface area contributed by atoms with Crippen molar-refractivity contribution in [2.45, 2.75) is 11.8 Å². The van der Waals surface area contributed by atoms with E-state index in [0.717, 1.165) is 5.56 Å². The van der Waals surface area contributed by atoms with Crippen LogP contribution in [0.25, 0.3) is 0 Å². The van der Waals surface area contributed by atoms with Gasteiger partial charge < -0.3 is 14.9 Å². The van der Waals surface area contributed by atoms with Gasteiger partial charge in [-0.1, -0.05) is 17.9 Å². The molecule has 2 rings (SSSR count). The number of rotatable bonds is 6. The van der Waals surface area contributed by atoms with Gasteiger partial charge in [-0.05, 0) is 42.8 Å². The Bertz CT molecular complexity index is 1100. The largest absolute Gasteiger partial charge is 0.481 e. The topological polar surface area (TPSA) is 125 Å². The summed E-state index contributed by atoms with van der Waals surface area (Å²) in [6.07, 6.45) is 0. The van der Waals surface area contributed by atoms with Crippen molar-refractivity contribution in [1.29, 1.82) is 5.26 Å². The van der Waals surface area contributed by atoms with Crippen LogP contribution in [0.5, 0.6) is 5.75 Å². The van der Waals surface area contributed by atoms with Gasteiger partial charge in [0.15, 0.2) is 16.4 Å². The number of carboxylic acids is 1. The maximum absolute atomic E-state index is 12.1. The van der Waals surface area contributed by atoms with E-state index in [2.05, 4.69) is 11.8 Å². The smallest absolute Gasteiger partial charge is 0.341 e. The average Bonchev–Trinajstić information content (AvgIpc) is 2.65. The summed E-state index contributed by atoms with van der Waals surface area (Å²) in [5.41, 5.74) is 1.82. The first-order chi connectivity index (χ1) is 13.3. The number of aliphatic carboxylic acids is 1. The molecule has 0 atom stereocenters. The van der Waals surface area contributed by atoms with E-state index < -0.39 is 29.0 Å².